The Morgan fingerprint density at radius 2 is 1.58 bits per heavy atom. The van der Waals surface area contributed by atoms with Crippen LogP contribution in [0.1, 0.15) is 23.7 Å². The Labute approximate surface area is 185 Å². The van der Waals surface area contributed by atoms with E-state index in [-0.39, 0.29) is 11.7 Å². The van der Waals surface area contributed by atoms with Crippen LogP contribution in [0.3, 0.4) is 0 Å². The highest BCUT2D eigenvalue weighted by molar-refractivity contribution is 7.80. The van der Waals surface area contributed by atoms with Gasteiger partial charge in [-0.2, -0.15) is 0 Å². The highest BCUT2D eigenvalue weighted by Gasteiger charge is 2.14. The summed E-state index contributed by atoms with van der Waals surface area (Å²) >= 11 is 5.08. The van der Waals surface area contributed by atoms with Crippen molar-refractivity contribution in [1.29, 1.82) is 0 Å². The van der Waals surface area contributed by atoms with Crippen molar-refractivity contribution in [2.45, 2.75) is 13.3 Å². The number of rotatable bonds is 7. The zero-order valence-electron chi connectivity index (χ0n) is 17.0. The van der Waals surface area contributed by atoms with Crippen molar-refractivity contribution in [2.24, 2.45) is 0 Å². The van der Waals surface area contributed by atoms with E-state index in [1.54, 1.807) is 30.3 Å². The standard InChI is InChI=1S/C23H23N3O4S/c1-2-14-29-20-12-6-5-11-18(20)22(28)24-23(31)26-25-21(27)15-30-19-13-7-9-16-8-3-4-10-17(16)19/h3-13H,2,14-15H2,1H3,(H,25,27)(H2,24,26,28,31). The van der Waals surface area contributed by atoms with Gasteiger partial charge < -0.3 is 9.47 Å². The monoisotopic (exact) mass is 437 g/mol. The second-order valence-corrected chi connectivity index (χ2v) is 6.98. The first-order chi connectivity index (χ1) is 15.1. The van der Waals surface area contributed by atoms with Crippen molar-refractivity contribution in [3.05, 3.63) is 72.3 Å². The number of hydrazine groups is 1. The molecule has 3 aromatic rings. The number of hydrogen-bond acceptors (Lipinski definition) is 5. The van der Waals surface area contributed by atoms with Crippen molar-refractivity contribution in [3.8, 4) is 11.5 Å². The molecule has 0 fully saturated rings. The van der Waals surface area contributed by atoms with Gasteiger partial charge in [-0.05, 0) is 42.2 Å². The summed E-state index contributed by atoms with van der Waals surface area (Å²) in [6.07, 6.45) is 0.822. The minimum absolute atomic E-state index is 0.0474. The fourth-order valence-corrected chi connectivity index (χ4v) is 2.96. The molecule has 0 heterocycles. The van der Waals surface area contributed by atoms with Gasteiger partial charge in [0.2, 0.25) is 0 Å². The van der Waals surface area contributed by atoms with Gasteiger partial charge in [0.1, 0.15) is 11.5 Å². The van der Waals surface area contributed by atoms with Crippen LogP contribution >= 0.6 is 12.2 Å². The Balaban J connectivity index is 1.48. The fraction of sp³-hybridized carbons (Fsp3) is 0.174. The van der Waals surface area contributed by atoms with Crippen LogP contribution in [0.15, 0.2) is 66.7 Å². The molecule has 0 radical (unpaired) electrons. The predicted molar refractivity (Wildman–Crippen MR) is 123 cm³/mol. The van der Waals surface area contributed by atoms with Gasteiger partial charge in [0.15, 0.2) is 11.7 Å². The van der Waals surface area contributed by atoms with E-state index in [0.29, 0.717) is 23.7 Å². The number of carbonyl (C=O) groups excluding carboxylic acids is 2. The number of ether oxygens (including phenoxy) is 2. The highest BCUT2D eigenvalue weighted by atomic mass is 32.1. The Hall–Kier alpha value is -3.65. The molecule has 7 nitrogen and oxygen atoms in total. The summed E-state index contributed by atoms with van der Waals surface area (Å²) in [6, 6.07) is 20.2. The summed E-state index contributed by atoms with van der Waals surface area (Å²) in [6.45, 7) is 2.26. The van der Waals surface area contributed by atoms with E-state index in [1.165, 1.54) is 0 Å². The van der Waals surface area contributed by atoms with Gasteiger partial charge in [-0.3, -0.25) is 25.8 Å². The predicted octanol–water partition coefficient (Wildman–Crippen LogP) is 3.34. The lowest BCUT2D eigenvalue weighted by Gasteiger charge is -2.14. The molecular formula is C23H23N3O4S. The summed E-state index contributed by atoms with van der Waals surface area (Å²) in [5, 5.41) is 4.40. The fourth-order valence-electron chi connectivity index (χ4n) is 2.82. The van der Waals surface area contributed by atoms with E-state index in [1.807, 2.05) is 43.3 Å². The third-order valence-corrected chi connectivity index (χ3v) is 4.45. The van der Waals surface area contributed by atoms with Crippen LogP contribution in [-0.4, -0.2) is 30.1 Å². The molecule has 8 heteroatoms. The molecule has 0 saturated carbocycles. The number of nitrogens with one attached hydrogen (secondary N) is 3. The van der Waals surface area contributed by atoms with Gasteiger partial charge in [-0.15, -0.1) is 0 Å². The van der Waals surface area contributed by atoms with Crippen LogP contribution in [0, 0.1) is 0 Å². The van der Waals surface area contributed by atoms with Gasteiger partial charge >= 0.3 is 0 Å². The van der Waals surface area contributed by atoms with Crippen molar-refractivity contribution in [3.63, 3.8) is 0 Å². The number of fused-ring (bicyclic) bond motifs is 1. The normalized spacial score (nSPS) is 10.2. The molecule has 0 atom stereocenters. The number of hydrogen-bond donors (Lipinski definition) is 3. The number of para-hydroxylation sites is 1. The van der Waals surface area contributed by atoms with Crippen LogP contribution in [0.25, 0.3) is 10.8 Å². The summed E-state index contributed by atoms with van der Waals surface area (Å²) in [7, 11) is 0. The number of carbonyl (C=O) groups is 2. The lowest BCUT2D eigenvalue weighted by Crippen LogP contribution is -2.49. The Morgan fingerprint density at radius 1 is 0.871 bits per heavy atom. The quantitative estimate of drug-likeness (QED) is 0.388. The largest absolute Gasteiger partial charge is 0.493 e. The Bertz CT molecular complexity index is 1080. The molecule has 160 valence electrons. The molecular weight excluding hydrogens is 414 g/mol. The minimum Gasteiger partial charge on any atom is -0.493 e. The van der Waals surface area contributed by atoms with E-state index in [2.05, 4.69) is 16.2 Å². The molecule has 0 saturated heterocycles. The lowest BCUT2D eigenvalue weighted by atomic mass is 10.1. The minimum atomic E-state index is -0.448. The average Bonchev–Trinajstić information content (AvgIpc) is 2.80. The maximum Gasteiger partial charge on any atom is 0.276 e. The number of amides is 2. The van der Waals surface area contributed by atoms with E-state index in [4.69, 9.17) is 21.7 Å². The van der Waals surface area contributed by atoms with E-state index in [0.717, 1.165) is 17.2 Å². The van der Waals surface area contributed by atoms with Gasteiger partial charge in [0.05, 0.1) is 12.2 Å². The summed E-state index contributed by atoms with van der Waals surface area (Å²) < 4.78 is 11.2. The molecule has 3 aromatic carbocycles. The van der Waals surface area contributed by atoms with Crippen LogP contribution in [-0.2, 0) is 4.79 Å². The first-order valence-corrected chi connectivity index (χ1v) is 10.2. The third kappa shape index (κ3) is 6.16. The smallest absolute Gasteiger partial charge is 0.276 e. The van der Waals surface area contributed by atoms with Gasteiger partial charge in [-0.25, -0.2) is 0 Å². The lowest BCUT2D eigenvalue weighted by molar-refractivity contribution is -0.123. The number of thiocarbonyl (C=S) groups is 1. The summed E-state index contributed by atoms with van der Waals surface area (Å²) in [4.78, 5) is 24.6. The Kier molecular flexibility index (Phi) is 7.78. The third-order valence-electron chi connectivity index (χ3n) is 4.24. The Morgan fingerprint density at radius 3 is 2.42 bits per heavy atom. The maximum absolute atomic E-state index is 12.5. The first kappa shape index (κ1) is 22.0. The SMILES string of the molecule is CCCOc1ccccc1C(=O)NC(=S)NNC(=O)COc1cccc2ccccc12. The first-order valence-electron chi connectivity index (χ1n) is 9.81. The van der Waals surface area contributed by atoms with E-state index >= 15 is 0 Å². The zero-order chi connectivity index (χ0) is 22.1. The topological polar surface area (TPSA) is 88.7 Å². The molecule has 2 amide bonds. The van der Waals surface area contributed by atoms with Crippen molar-refractivity contribution in [1.82, 2.24) is 16.2 Å². The second kappa shape index (κ2) is 10.9. The van der Waals surface area contributed by atoms with Crippen LogP contribution in [0.2, 0.25) is 0 Å². The summed E-state index contributed by atoms with van der Waals surface area (Å²) in [5.41, 5.74) is 5.26. The van der Waals surface area contributed by atoms with Crippen molar-refractivity contribution < 1.29 is 19.1 Å². The summed E-state index contributed by atoms with van der Waals surface area (Å²) in [5.74, 6) is 0.187. The number of benzene rings is 3. The molecule has 0 aliphatic rings. The van der Waals surface area contributed by atoms with Gasteiger partial charge in [0.25, 0.3) is 11.8 Å². The van der Waals surface area contributed by atoms with Crippen LogP contribution in [0.4, 0.5) is 0 Å². The molecule has 3 N–H and O–H groups in total. The molecule has 31 heavy (non-hydrogen) atoms. The molecule has 0 aliphatic heterocycles. The molecule has 0 aliphatic carbocycles. The van der Waals surface area contributed by atoms with E-state index < -0.39 is 11.8 Å². The molecule has 0 spiro atoms. The second-order valence-electron chi connectivity index (χ2n) is 6.57. The van der Waals surface area contributed by atoms with Gasteiger partial charge in [-0.1, -0.05) is 55.5 Å². The molecule has 0 bridgehead atoms. The molecule has 3 rings (SSSR count). The zero-order valence-corrected chi connectivity index (χ0v) is 17.8. The maximum atomic E-state index is 12.5. The van der Waals surface area contributed by atoms with Crippen LogP contribution < -0.4 is 25.6 Å². The average molecular weight is 438 g/mol. The van der Waals surface area contributed by atoms with Crippen molar-refractivity contribution >= 4 is 39.9 Å². The highest BCUT2D eigenvalue weighted by Crippen LogP contribution is 2.24. The van der Waals surface area contributed by atoms with Gasteiger partial charge in [0, 0.05) is 5.39 Å². The van der Waals surface area contributed by atoms with E-state index in [9.17, 15) is 9.59 Å². The molecule has 0 aromatic heterocycles. The molecule has 0 unspecified atom stereocenters. The van der Waals surface area contributed by atoms with Crippen molar-refractivity contribution in [2.75, 3.05) is 13.2 Å². The van der Waals surface area contributed by atoms with Crippen LogP contribution in [0.5, 0.6) is 11.5 Å².